The molecule has 5 nitrogen and oxygen atoms in total. The van der Waals surface area contributed by atoms with Gasteiger partial charge in [-0.1, -0.05) is 0 Å². The maximum atomic E-state index is 11.6. The van der Waals surface area contributed by atoms with Crippen molar-refractivity contribution < 1.29 is 14.3 Å². The fourth-order valence-electron chi connectivity index (χ4n) is 1.78. The lowest BCUT2D eigenvalue weighted by Crippen LogP contribution is -2.22. The van der Waals surface area contributed by atoms with Crippen LogP contribution in [0.1, 0.15) is 29.8 Å². The number of hydrogen-bond acceptors (Lipinski definition) is 5. The highest BCUT2D eigenvalue weighted by Crippen LogP contribution is 2.24. The molecule has 1 atom stereocenters. The Morgan fingerprint density at radius 2 is 2.16 bits per heavy atom. The summed E-state index contributed by atoms with van der Waals surface area (Å²) in [7, 11) is 1.34. The summed E-state index contributed by atoms with van der Waals surface area (Å²) < 4.78 is 10.1. The molecular weight excluding hydrogens is 244 g/mol. The Morgan fingerprint density at radius 3 is 2.74 bits per heavy atom. The van der Waals surface area contributed by atoms with Crippen LogP contribution >= 0.6 is 0 Å². The number of carbonyl (C=O) groups is 1. The van der Waals surface area contributed by atoms with Crippen LogP contribution in [0.4, 0.5) is 11.4 Å². The monoisotopic (exact) mass is 266 g/mol. The molecule has 19 heavy (non-hydrogen) atoms. The number of carbonyl (C=O) groups excluding carboxylic acids is 1. The molecule has 0 saturated heterocycles. The summed E-state index contributed by atoms with van der Waals surface area (Å²) in [5.74, 6) is -0.429. The average Bonchev–Trinajstić information content (AvgIpc) is 2.39. The predicted octanol–water partition coefficient (Wildman–Crippen LogP) is 2.20. The molecule has 0 amide bonds. The zero-order chi connectivity index (χ0) is 14.4. The number of nitrogen functional groups attached to an aromatic ring is 1. The highest BCUT2D eigenvalue weighted by molar-refractivity contribution is 5.97. The highest BCUT2D eigenvalue weighted by atomic mass is 16.5. The number of nitrogens with one attached hydrogen (secondary N) is 1. The number of rotatable bonds is 6. The Kier molecular flexibility index (Phi) is 5.63. The number of nitrogens with two attached hydrogens (primary N) is 1. The quantitative estimate of drug-likeness (QED) is 0.610. The van der Waals surface area contributed by atoms with E-state index in [1.165, 1.54) is 7.11 Å². The van der Waals surface area contributed by atoms with E-state index in [0.717, 1.165) is 11.3 Å². The molecule has 0 spiro atoms. The summed E-state index contributed by atoms with van der Waals surface area (Å²) in [5.41, 5.74) is 8.40. The van der Waals surface area contributed by atoms with Crippen LogP contribution in [0, 0.1) is 6.92 Å². The minimum atomic E-state index is -0.429. The minimum Gasteiger partial charge on any atom is -0.465 e. The molecule has 0 radical (unpaired) electrons. The van der Waals surface area contributed by atoms with Crippen molar-refractivity contribution in [3.63, 3.8) is 0 Å². The number of esters is 1. The molecule has 0 aliphatic heterocycles. The second-order valence-corrected chi connectivity index (χ2v) is 4.45. The molecule has 106 valence electrons. The fourth-order valence-corrected chi connectivity index (χ4v) is 1.78. The van der Waals surface area contributed by atoms with Gasteiger partial charge < -0.3 is 20.5 Å². The van der Waals surface area contributed by atoms with Crippen LogP contribution in [0.3, 0.4) is 0 Å². The van der Waals surface area contributed by atoms with Gasteiger partial charge in [0.1, 0.15) is 0 Å². The van der Waals surface area contributed by atoms with Crippen molar-refractivity contribution in [3.05, 3.63) is 23.3 Å². The molecular formula is C14H22N2O3. The van der Waals surface area contributed by atoms with Gasteiger partial charge in [0.05, 0.1) is 19.3 Å². The third kappa shape index (κ3) is 4.13. The van der Waals surface area contributed by atoms with Crippen LogP contribution in [0.15, 0.2) is 12.1 Å². The van der Waals surface area contributed by atoms with Crippen LogP contribution < -0.4 is 11.1 Å². The number of aryl methyl sites for hydroxylation is 1. The van der Waals surface area contributed by atoms with E-state index in [2.05, 4.69) is 5.32 Å². The van der Waals surface area contributed by atoms with Gasteiger partial charge in [0.15, 0.2) is 0 Å². The van der Waals surface area contributed by atoms with Crippen molar-refractivity contribution in [2.45, 2.75) is 26.8 Å². The first-order valence-corrected chi connectivity index (χ1v) is 6.32. The summed E-state index contributed by atoms with van der Waals surface area (Å²) >= 11 is 0. The Hall–Kier alpha value is -1.75. The van der Waals surface area contributed by atoms with Crippen molar-refractivity contribution in [1.29, 1.82) is 0 Å². The van der Waals surface area contributed by atoms with Gasteiger partial charge >= 0.3 is 5.97 Å². The van der Waals surface area contributed by atoms with E-state index in [-0.39, 0.29) is 6.04 Å². The van der Waals surface area contributed by atoms with Crippen LogP contribution in [-0.4, -0.2) is 32.3 Å². The van der Waals surface area contributed by atoms with E-state index in [9.17, 15) is 4.79 Å². The topological polar surface area (TPSA) is 73.6 Å². The fraction of sp³-hybridized carbons (Fsp3) is 0.500. The average molecular weight is 266 g/mol. The van der Waals surface area contributed by atoms with Gasteiger partial charge in [-0.2, -0.15) is 0 Å². The third-order valence-corrected chi connectivity index (χ3v) is 2.78. The summed E-state index contributed by atoms with van der Waals surface area (Å²) in [5, 5.41) is 3.28. The molecule has 1 aromatic rings. The van der Waals surface area contributed by atoms with Crippen molar-refractivity contribution in [2.24, 2.45) is 0 Å². The van der Waals surface area contributed by atoms with Crippen molar-refractivity contribution in [2.75, 3.05) is 31.4 Å². The molecule has 0 aliphatic carbocycles. The Balaban J connectivity index is 2.91. The zero-order valence-electron chi connectivity index (χ0n) is 11.9. The smallest absolute Gasteiger partial charge is 0.340 e. The lowest BCUT2D eigenvalue weighted by atomic mass is 10.1. The second-order valence-electron chi connectivity index (χ2n) is 4.45. The van der Waals surface area contributed by atoms with Gasteiger partial charge in [-0.15, -0.1) is 0 Å². The first-order chi connectivity index (χ1) is 8.99. The van der Waals surface area contributed by atoms with Gasteiger partial charge in [0.25, 0.3) is 0 Å². The largest absolute Gasteiger partial charge is 0.465 e. The van der Waals surface area contributed by atoms with Gasteiger partial charge in [-0.25, -0.2) is 4.79 Å². The van der Waals surface area contributed by atoms with Gasteiger partial charge in [0, 0.05) is 24.0 Å². The molecule has 0 aromatic heterocycles. The van der Waals surface area contributed by atoms with Crippen molar-refractivity contribution in [1.82, 2.24) is 0 Å². The Labute approximate surface area is 114 Å². The highest BCUT2D eigenvalue weighted by Gasteiger charge is 2.14. The summed E-state index contributed by atoms with van der Waals surface area (Å²) in [6, 6.07) is 3.76. The molecule has 0 aliphatic rings. The van der Waals surface area contributed by atoms with E-state index >= 15 is 0 Å². The van der Waals surface area contributed by atoms with E-state index in [1.807, 2.05) is 26.8 Å². The van der Waals surface area contributed by atoms with Gasteiger partial charge in [-0.3, -0.25) is 0 Å². The van der Waals surface area contributed by atoms with Crippen LogP contribution in [0.2, 0.25) is 0 Å². The molecule has 0 bridgehead atoms. The molecule has 0 heterocycles. The van der Waals surface area contributed by atoms with Crippen LogP contribution in [-0.2, 0) is 9.47 Å². The first kappa shape index (κ1) is 15.3. The van der Waals surface area contributed by atoms with Crippen molar-refractivity contribution >= 4 is 17.3 Å². The number of ether oxygens (including phenoxy) is 2. The third-order valence-electron chi connectivity index (χ3n) is 2.78. The number of hydrogen-bond donors (Lipinski definition) is 2. The molecule has 1 aromatic carbocycles. The maximum absolute atomic E-state index is 11.6. The molecule has 0 fully saturated rings. The first-order valence-electron chi connectivity index (χ1n) is 6.32. The van der Waals surface area contributed by atoms with E-state index in [1.54, 1.807) is 6.07 Å². The number of benzene rings is 1. The van der Waals surface area contributed by atoms with Crippen molar-refractivity contribution in [3.8, 4) is 0 Å². The van der Waals surface area contributed by atoms with Crippen LogP contribution in [0.25, 0.3) is 0 Å². The Bertz CT molecular complexity index is 447. The van der Waals surface area contributed by atoms with E-state index in [0.29, 0.717) is 24.5 Å². The Morgan fingerprint density at radius 1 is 1.47 bits per heavy atom. The second kappa shape index (κ2) is 6.99. The minimum absolute atomic E-state index is 0.147. The molecule has 3 N–H and O–H groups in total. The predicted molar refractivity (Wildman–Crippen MR) is 76.5 cm³/mol. The molecule has 1 unspecified atom stereocenters. The molecule has 5 heteroatoms. The van der Waals surface area contributed by atoms with Gasteiger partial charge in [-0.05, 0) is 38.5 Å². The summed E-state index contributed by atoms with van der Waals surface area (Å²) in [6.07, 6.45) is 0. The number of anilines is 2. The number of methoxy groups -OCH3 is 1. The van der Waals surface area contributed by atoms with E-state index in [4.69, 9.17) is 15.2 Å². The van der Waals surface area contributed by atoms with Crippen LogP contribution in [0.5, 0.6) is 0 Å². The summed E-state index contributed by atoms with van der Waals surface area (Å²) in [4.78, 5) is 11.6. The SMILES string of the molecule is CCOCC(C)Nc1cc(C)c(N)c(C(=O)OC)c1. The normalized spacial score (nSPS) is 12.0. The maximum Gasteiger partial charge on any atom is 0.340 e. The lowest BCUT2D eigenvalue weighted by Gasteiger charge is -2.17. The van der Waals surface area contributed by atoms with E-state index < -0.39 is 5.97 Å². The van der Waals surface area contributed by atoms with Gasteiger partial charge in [0.2, 0.25) is 0 Å². The molecule has 1 rings (SSSR count). The lowest BCUT2D eigenvalue weighted by molar-refractivity contribution is 0.0602. The summed E-state index contributed by atoms with van der Waals surface area (Å²) in [6.45, 7) is 7.11. The zero-order valence-corrected chi connectivity index (χ0v) is 11.9. The standard InChI is InChI=1S/C14H22N2O3/c1-5-19-8-10(3)16-11-6-9(2)13(15)12(7-11)14(17)18-4/h6-7,10,16H,5,8,15H2,1-4H3. The molecule has 0 saturated carbocycles.